The largest absolute Gasteiger partial charge is 0.497 e. The number of amides is 1. The van der Waals surface area contributed by atoms with Crippen LogP contribution in [-0.2, 0) is 4.79 Å². The van der Waals surface area contributed by atoms with Gasteiger partial charge in [-0.05, 0) is 49.1 Å². The Bertz CT molecular complexity index is 1100. The number of H-pyrrole nitrogens is 1. The molecule has 29 heavy (non-hydrogen) atoms. The van der Waals surface area contributed by atoms with Gasteiger partial charge >= 0.3 is 0 Å². The molecule has 5 nitrogen and oxygen atoms in total. The van der Waals surface area contributed by atoms with Crippen molar-refractivity contribution in [3.05, 3.63) is 59.7 Å². The number of nitriles is 1. The van der Waals surface area contributed by atoms with Crippen molar-refractivity contribution in [3.63, 3.8) is 0 Å². The number of carbonyl (C=O) groups is 1. The summed E-state index contributed by atoms with van der Waals surface area (Å²) in [6, 6.07) is 17.8. The highest BCUT2D eigenvalue weighted by Gasteiger charge is 2.22. The van der Waals surface area contributed by atoms with E-state index in [2.05, 4.69) is 11.1 Å². The van der Waals surface area contributed by atoms with Crippen LogP contribution >= 0.6 is 0 Å². The fraction of sp³-hybridized carbons (Fsp3) is 0.250. The van der Waals surface area contributed by atoms with Gasteiger partial charge in [0.1, 0.15) is 17.4 Å². The third-order valence-electron chi connectivity index (χ3n) is 5.39. The molecule has 1 saturated heterocycles. The van der Waals surface area contributed by atoms with Crippen LogP contribution in [-0.4, -0.2) is 36.0 Å². The Balaban J connectivity index is 1.86. The number of rotatable bonds is 4. The maximum atomic E-state index is 13.0. The molecular weight excluding hydrogens is 362 g/mol. The van der Waals surface area contributed by atoms with Crippen LogP contribution in [0.5, 0.6) is 5.75 Å². The number of piperidine rings is 1. The molecule has 1 N–H and O–H groups in total. The van der Waals surface area contributed by atoms with E-state index < -0.39 is 0 Å². The molecule has 1 aromatic heterocycles. The van der Waals surface area contributed by atoms with E-state index in [-0.39, 0.29) is 11.5 Å². The maximum absolute atomic E-state index is 13.0. The lowest BCUT2D eigenvalue weighted by atomic mass is 10.0. The summed E-state index contributed by atoms with van der Waals surface area (Å²) in [5.74, 6) is 0.537. The number of ether oxygens (including phenoxy) is 1. The molecular formula is C24H23N3O2. The molecule has 0 aliphatic carbocycles. The van der Waals surface area contributed by atoms with Crippen molar-refractivity contribution in [1.29, 1.82) is 5.26 Å². The summed E-state index contributed by atoms with van der Waals surface area (Å²) in [4.78, 5) is 18.2. The fourth-order valence-electron chi connectivity index (χ4n) is 3.85. The zero-order valence-corrected chi connectivity index (χ0v) is 16.4. The van der Waals surface area contributed by atoms with Gasteiger partial charge in [0.05, 0.1) is 12.8 Å². The van der Waals surface area contributed by atoms with E-state index in [4.69, 9.17) is 4.74 Å². The number of fused-ring (bicyclic) bond motifs is 1. The quantitative estimate of drug-likeness (QED) is 0.520. The number of aromatic nitrogens is 1. The molecule has 1 amide bonds. The molecule has 0 bridgehead atoms. The Labute approximate surface area is 170 Å². The predicted molar refractivity (Wildman–Crippen MR) is 114 cm³/mol. The zero-order valence-electron chi connectivity index (χ0n) is 16.4. The number of methoxy groups -OCH3 is 1. The number of hydrogen-bond acceptors (Lipinski definition) is 3. The van der Waals surface area contributed by atoms with Gasteiger partial charge in [-0.1, -0.05) is 30.3 Å². The standard InChI is InChI=1S/C24H23N3O2/c1-29-19-10-11-22-20(15-19)21(23(26-22)17-8-4-2-5-9-17)14-18(16-25)24(28)27-12-6-3-7-13-27/h2,4-5,8-11,14-15,26H,3,6-7,12-13H2,1H3/b18-14+. The van der Waals surface area contributed by atoms with Crippen LogP contribution in [0.4, 0.5) is 0 Å². The Kier molecular flexibility index (Phi) is 5.35. The lowest BCUT2D eigenvalue weighted by Crippen LogP contribution is -2.36. The molecule has 1 aliphatic rings. The summed E-state index contributed by atoms with van der Waals surface area (Å²) in [7, 11) is 1.63. The van der Waals surface area contributed by atoms with Crippen molar-refractivity contribution in [1.82, 2.24) is 9.88 Å². The summed E-state index contributed by atoms with van der Waals surface area (Å²) in [6.45, 7) is 1.43. The molecule has 3 aromatic rings. The van der Waals surface area contributed by atoms with Gasteiger partial charge in [0.25, 0.3) is 5.91 Å². The molecule has 0 unspecified atom stereocenters. The van der Waals surface area contributed by atoms with Crippen LogP contribution in [0.25, 0.3) is 28.2 Å². The van der Waals surface area contributed by atoms with E-state index in [1.165, 1.54) is 0 Å². The second kappa shape index (κ2) is 8.24. The van der Waals surface area contributed by atoms with Gasteiger partial charge in [-0.3, -0.25) is 4.79 Å². The van der Waals surface area contributed by atoms with Crippen molar-refractivity contribution in [2.75, 3.05) is 20.2 Å². The first-order chi connectivity index (χ1) is 14.2. The molecule has 2 heterocycles. The average molecular weight is 385 g/mol. The SMILES string of the molecule is COc1ccc2[nH]c(-c3ccccc3)c(/C=C(\C#N)C(=O)N3CCCCC3)c2c1. The number of carbonyl (C=O) groups excluding carboxylic acids is 1. The topological polar surface area (TPSA) is 69.1 Å². The first kappa shape index (κ1) is 18.8. The van der Waals surface area contributed by atoms with Crippen molar-refractivity contribution >= 4 is 22.9 Å². The van der Waals surface area contributed by atoms with Gasteiger partial charge in [0, 0.05) is 29.6 Å². The minimum absolute atomic E-state index is 0.160. The van der Waals surface area contributed by atoms with Gasteiger partial charge in [-0.25, -0.2) is 0 Å². The van der Waals surface area contributed by atoms with Crippen LogP contribution in [0.2, 0.25) is 0 Å². The van der Waals surface area contributed by atoms with Crippen LogP contribution in [0.15, 0.2) is 54.1 Å². The molecule has 1 aliphatic heterocycles. The molecule has 0 spiro atoms. The molecule has 4 rings (SSSR count). The summed E-state index contributed by atoms with van der Waals surface area (Å²) >= 11 is 0. The molecule has 1 fully saturated rings. The second-order valence-corrected chi connectivity index (χ2v) is 7.21. The van der Waals surface area contributed by atoms with Crippen LogP contribution in [0, 0.1) is 11.3 Å². The highest BCUT2D eigenvalue weighted by Crippen LogP contribution is 2.34. The summed E-state index contributed by atoms with van der Waals surface area (Å²) in [5, 5.41) is 10.7. The van der Waals surface area contributed by atoms with Gasteiger partial charge in [0.15, 0.2) is 0 Å². The minimum atomic E-state index is -0.191. The van der Waals surface area contributed by atoms with Gasteiger partial charge < -0.3 is 14.6 Å². The Hall–Kier alpha value is -3.52. The number of benzene rings is 2. The fourth-order valence-corrected chi connectivity index (χ4v) is 3.85. The Morgan fingerprint density at radius 2 is 1.90 bits per heavy atom. The number of nitrogens with one attached hydrogen (secondary N) is 1. The molecule has 0 radical (unpaired) electrons. The van der Waals surface area contributed by atoms with E-state index in [9.17, 15) is 10.1 Å². The maximum Gasteiger partial charge on any atom is 0.264 e. The van der Waals surface area contributed by atoms with Crippen LogP contribution in [0.1, 0.15) is 24.8 Å². The minimum Gasteiger partial charge on any atom is -0.497 e. The summed E-state index contributed by atoms with van der Waals surface area (Å²) in [5.41, 5.74) is 3.79. The Morgan fingerprint density at radius 3 is 2.59 bits per heavy atom. The number of aromatic amines is 1. The lowest BCUT2D eigenvalue weighted by molar-refractivity contribution is -0.127. The zero-order chi connectivity index (χ0) is 20.2. The van der Waals surface area contributed by atoms with Crippen molar-refractivity contribution in [3.8, 4) is 23.1 Å². The van der Waals surface area contributed by atoms with Crippen LogP contribution < -0.4 is 4.74 Å². The molecule has 5 heteroatoms. The number of hydrogen-bond donors (Lipinski definition) is 1. The monoisotopic (exact) mass is 385 g/mol. The number of nitrogens with zero attached hydrogens (tertiary/aromatic N) is 2. The van der Waals surface area contributed by atoms with Gasteiger partial charge in [0.2, 0.25) is 0 Å². The molecule has 2 aromatic carbocycles. The van der Waals surface area contributed by atoms with E-state index in [1.807, 2.05) is 48.5 Å². The number of likely N-dealkylation sites (tertiary alicyclic amines) is 1. The van der Waals surface area contributed by atoms with Crippen LogP contribution in [0.3, 0.4) is 0 Å². The van der Waals surface area contributed by atoms with Gasteiger partial charge in [-0.15, -0.1) is 0 Å². The first-order valence-electron chi connectivity index (χ1n) is 9.87. The van der Waals surface area contributed by atoms with Crippen molar-refractivity contribution < 1.29 is 9.53 Å². The first-order valence-corrected chi connectivity index (χ1v) is 9.87. The van der Waals surface area contributed by atoms with Crippen molar-refractivity contribution in [2.45, 2.75) is 19.3 Å². The third-order valence-corrected chi connectivity index (χ3v) is 5.39. The molecule has 0 saturated carbocycles. The Morgan fingerprint density at radius 1 is 1.14 bits per heavy atom. The van der Waals surface area contributed by atoms with E-state index in [0.29, 0.717) is 13.1 Å². The smallest absolute Gasteiger partial charge is 0.264 e. The summed E-state index contributed by atoms with van der Waals surface area (Å²) in [6.07, 6.45) is 4.83. The normalized spacial score (nSPS) is 14.6. The van der Waals surface area contributed by atoms with Gasteiger partial charge in [-0.2, -0.15) is 5.26 Å². The van der Waals surface area contributed by atoms with E-state index in [1.54, 1.807) is 18.1 Å². The van der Waals surface area contributed by atoms with Crippen molar-refractivity contribution in [2.24, 2.45) is 0 Å². The average Bonchev–Trinajstić information content (AvgIpc) is 3.15. The predicted octanol–water partition coefficient (Wildman–Crippen LogP) is 4.76. The summed E-state index contributed by atoms with van der Waals surface area (Å²) < 4.78 is 5.39. The molecule has 146 valence electrons. The molecule has 0 atom stereocenters. The van der Waals surface area contributed by atoms with E-state index >= 15 is 0 Å². The lowest BCUT2D eigenvalue weighted by Gasteiger charge is -2.26. The van der Waals surface area contributed by atoms with E-state index in [0.717, 1.165) is 52.7 Å². The highest BCUT2D eigenvalue weighted by molar-refractivity contribution is 6.06. The second-order valence-electron chi connectivity index (χ2n) is 7.21. The highest BCUT2D eigenvalue weighted by atomic mass is 16.5. The third kappa shape index (κ3) is 3.74.